The third-order valence-corrected chi connectivity index (χ3v) is 8.62. The van der Waals surface area contributed by atoms with Crippen LogP contribution in [0, 0.1) is 6.92 Å². The van der Waals surface area contributed by atoms with E-state index in [0.29, 0.717) is 21.8 Å². The molecule has 49 heavy (non-hydrogen) atoms. The second-order valence-corrected chi connectivity index (χ2v) is 13.5. The Labute approximate surface area is 283 Å². The van der Waals surface area contributed by atoms with Crippen molar-refractivity contribution < 1.29 is 48.8 Å². The summed E-state index contributed by atoms with van der Waals surface area (Å²) < 4.78 is 110. The molecule has 3 aromatic carbocycles. The number of benzene rings is 3. The second-order valence-electron chi connectivity index (χ2n) is 11.6. The Hall–Kier alpha value is -4.18. The zero-order valence-corrected chi connectivity index (χ0v) is 27.6. The Kier molecular flexibility index (Phi) is 11.0. The molecule has 0 unspecified atom stereocenters. The predicted molar refractivity (Wildman–Crippen MR) is 170 cm³/mol. The minimum absolute atomic E-state index is 0.0666. The van der Waals surface area contributed by atoms with Gasteiger partial charge in [0, 0.05) is 22.4 Å². The molecular weight excluding hydrogens is 700 g/mol. The number of aromatic nitrogens is 1. The number of amides is 1. The summed E-state index contributed by atoms with van der Waals surface area (Å²) in [5.41, 5.74) is 0.463. The summed E-state index contributed by atoms with van der Waals surface area (Å²) in [6, 6.07) is 18.7. The molecule has 0 radical (unpaired) electrons. The van der Waals surface area contributed by atoms with Crippen molar-refractivity contribution in [1.29, 1.82) is 0 Å². The van der Waals surface area contributed by atoms with Crippen LogP contribution in [0.25, 0.3) is 0 Å². The summed E-state index contributed by atoms with van der Waals surface area (Å²) in [6.07, 6.45) is -8.07. The maximum absolute atomic E-state index is 13.6. The van der Waals surface area contributed by atoms with Crippen LogP contribution >= 0.6 is 11.6 Å². The molecule has 1 aliphatic rings. The van der Waals surface area contributed by atoms with Gasteiger partial charge >= 0.3 is 12.5 Å². The van der Waals surface area contributed by atoms with E-state index in [0.717, 1.165) is 30.0 Å². The monoisotopic (exact) mass is 729 g/mol. The summed E-state index contributed by atoms with van der Waals surface area (Å²) in [4.78, 5) is 18.5. The molecule has 262 valence electrons. The van der Waals surface area contributed by atoms with E-state index in [1.165, 1.54) is 35.2 Å². The zero-order chi connectivity index (χ0) is 36.4. The van der Waals surface area contributed by atoms with Gasteiger partial charge in [0.05, 0.1) is 17.0 Å². The Morgan fingerprint density at radius 3 is 2.08 bits per heavy atom. The molecule has 5 rings (SSSR count). The van der Waals surface area contributed by atoms with E-state index in [1.54, 1.807) is 50.2 Å². The molecule has 1 fully saturated rings. The van der Waals surface area contributed by atoms with Gasteiger partial charge in [0.15, 0.2) is 0 Å². The van der Waals surface area contributed by atoms with Crippen molar-refractivity contribution in [3.63, 3.8) is 0 Å². The summed E-state index contributed by atoms with van der Waals surface area (Å²) >= 11 is 6.17. The van der Waals surface area contributed by atoms with Gasteiger partial charge in [-0.25, -0.2) is 0 Å². The quantitative estimate of drug-likeness (QED) is 0.146. The fraction of sp³-hybridized carbons (Fsp3) is 0.273. The van der Waals surface area contributed by atoms with E-state index < -0.39 is 51.7 Å². The number of anilines is 1. The lowest BCUT2D eigenvalue weighted by Gasteiger charge is -2.30. The average Bonchev–Trinajstić information content (AvgIpc) is 3.31. The number of nitrogens with one attached hydrogen (secondary N) is 1. The highest BCUT2D eigenvalue weighted by Gasteiger charge is 2.44. The molecule has 8 nitrogen and oxygen atoms in total. The molecule has 1 amide bonds. The van der Waals surface area contributed by atoms with Crippen LogP contribution in [0.4, 0.5) is 32.0 Å². The van der Waals surface area contributed by atoms with E-state index in [-0.39, 0.29) is 17.2 Å². The van der Waals surface area contributed by atoms with Crippen molar-refractivity contribution >= 4 is 33.3 Å². The van der Waals surface area contributed by atoms with Crippen molar-refractivity contribution in [1.82, 2.24) is 10.3 Å². The van der Waals surface area contributed by atoms with Gasteiger partial charge in [-0.3, -0.25) is 19.6 Å². The van der Waals surface area contributed by atoms with Gasteiger partial charge in [0.1, 0.15) is 11.4 Å². The number of ether oxygens (including phenoxy) is 1. The number of halogens is 7. The number of aryl methyl sites for hydroxylation is 1. The highest BCUT2D eigenvalue weighted by Crippen LogP contribution is 2.40. The summed E-state index contributed by atoms with van der Waals surface area (Å²) in [5, 5.41) is 3.66. The molecule has 1 saturated heterocycles. The fourth-order valence-electron chi connectivity index (χ4n) is 5.15. The van der Waals surface area contributed by atoms with E-state index in [4.69, 9.17) is 16.2 Å². The fourth-order valence-corrected chi connectivity index (χ4v) is 5.83. The van der Waals surface area contributed by atoms with Gasteiger partial charge in [0.2, 0.25) is 5.91 Å². The van der Waals surface area contributed by atoms with Crippen LogP contribution in [-0.4, -0.2) is 36.3 Å². The number of rotatable bonds is 7. The van der Waals surface area contributed by atoms with Crippen molar-refractivity contribution in [3.05, 3.63) is 119 Å². The second kappa shape index (κ2) is 14.4. The molecule has 0 bridgehead atoms. The molecule has 1 aliphatic heterocycles. The smallest absolute Gasteiger partial charge is 0.406 e. The standard InChI is InChI=1S/C26H22ClF6N3O2.C7H8O3S/c1-24(2,16-6-11-22(34-14-16)25(28,29)30)35-20-13-21(15-4-3-5-17(27)12-15)36(23(20)37)18-7-9-19(10-8-18)38-26(31,32)33;1-6-2-4-7(5-3-6)11(8,9)10/h3-12,14,20-21,35H,13H2,1-2H3;2-5H,1H3,(H,8,9,10)/t20-,21-;/m0./s1. The predicted octanol–water partition coefficient (Wildman–Crippen LogP) is 8.27. The van der Waals surface area contributed by atoms with Crippen molar-refractivity contribution in [2.24, 2.45) is 0 Å². The van der Waals surface area contributed by atoms with Crippen LogP contribution in [0.15, 0.2) is 96.0 Å². The number of hydrogen-bond acceptors (Lipinski definition) is 6. The lowest BCUT2D eigenvalue weighted by Crippen LogP contribution is -2.47. The first-order valence-electron chi connectivity index (χ1n) is 14.4. The van der Waals surface area contributed by atoms with Gasteiger partial charge in [-0.05, 0) is 92.9 Å². The highest BCUT2D eigenvalue weighted by atomic mass is 35.5. The van der Waals surface area contributed by atoms with Crippen LogP contribution in [0.3, 0.4) is 0 Å². The largest absolute Gasteiger partial charge is 0.573 e. The van der Waals surface area contributed by atoms with E-state index in [1.807, 2.05) is 6.92 Å². The number of alkyl halides is 6. The maximum atomic E-state index is 13.6. The van der Waals surface area contributed by atoms with Crippen molar-refractivity contribution in [2.75, 3.05) is 4.90 Å². The first-order chi connectivity index (χ1) is 22.6. The SMILES string of the molecule is CC(C)(N[C@H]1C[C@@H](c2cccc(Cl)c2)N(c2ccc(OC(F)(F)F)cc2)C1=O)c1ccc(C(F)(F)F)nc1.Cc1ccc(S(=O)(=O)O)cc1. The minimum atomic E-state index is -4.86. The van der Waals surface area contributed by atoms with Crippen LogP contribution in [0.5, 0.6) is 5.75 Å². The summed E-state index contributed by atoms with van der Waals surface area (Å²) in [5.74, 6) is -0.801. The molecule has 16 heteroatoms. The third-order valence-electron chi connectivity index (χ3n) is 7.52. The average molecular weight is 730 g/mol. The number of pyridine rings is 1. The molecule has 1 aromatic heterocycles. The first-order valence-corrected chi connectivity index (χ1v) is 16.3. The Balaban J connectivity index is 0.000000418. The molecule has 2 N–H and O–H groups in total. The van der Waals surface area contributed by atoms with Gasteiger partial charge in [-0.1, -0.05) is 47.5 Å². The van der Waals surface area contributed by atoms with Crippen LogP contribution in [0.2, 0.25) is 5.02 Å². The molecule has 2 atom stereocenters. The molecular formula is C33H30ClF6N3O5S. The van der Waals surface area contributed by atoms with Crippen LogP contribution in [0.1, 0.15) is 48.7 Å². The van der Waals surface area contributed by atoms with Crippen LogP contribution in [-0.2, 0) is 26.6 Å². The lowest BCUT2D eigenvalue weighted by molar-refractivity contribution is -0.274. The van der Waals surface area contributed by atoms with Gasteiger partial charge < -0.3 is 9.64 Å². The third kappa shape index (κ3) is 9.94. The Morgan fingerprint density at radius 1 is 0.939 bits per heavy atom. The molecule has 0 aliphatic carbocycles. The molecule has 0 spiro atoms. The maximum Gasteiger partial charge on any atom is 0.573 e. The Morgan fingerprint density at radius 2 is 1.57 bits per heavy atom. The summed E-state index contributed by atoms with van der Waals surface area (Å²) in [7, 11) is -4.02. The molecule has 0 saturated carbocycles. The van der Waals surface area contributed by atoms with Crippen molar-refractivity contribution in [3.8, 4) is 5.75 Å². The van der Waals surface area contributed by atoms with Gasteiger partial charge in [-0.2, -0.15) is 21.6 Å². The van der Waals surface area contributed by atoms with E-state index >= 15 is 0 Å². The van der Waals surface area contributed by atoms with E-state index in [9.17, 15) is 39.6 Å². The Bertz CT molecular complexity index is 1870. The topological polar surface area (TPSA) is 109 Å². The normalized spacial score (nSPS) is 17.0. The summed E-state index contributed by atoms with van der Waals surface area (Å²) in [6.45, 7) is 5.27. The van der Waals surface area contributed by atoms with Crippen LogP contribution < -0.4 is 15.0 Å². The number of nitrogens with zero attached hydrogens (tertiary/aromatic N) is 2. The molecule has 4 aromatic rings. The highest BCUT2D eigenvalue weighted by molar-refractivity contribution is 7.85. The minimum Gasteiger partial charge on any atom is -0.406 e. The lowest BCUT2D eigenvalue weighted by atomic mass is 9.93. The molecule has 2 heterocycles. The zero-order valence-electron chi connectivity index (χ0n) is 26.1. The number of carbonyl (C=O) groups excluding carboxylic acids is 1. The first kappa shape index (κ1) is 37.6. The number of carbonyl (C=O) groups is 1. The van der Waals surface area contributed by atoms with Crippen molar-refractivity contribution in [2.45, 2.75) is 62.2 Å². The van der Waals surface area contributed by atoms with Gasteiger partial charge in [-0.15, -0.1) is 13.2 Å². The van der Waals surface area contributed by atoms with E-state index in [2.05, 4.69) is 15.0 Å². The van der Waals surface area contributed by atoms with Gasteiger partial charge in [0.25, 0.3) is 10.1 Å². The number of hydrogen-bond donors (Lipinski definition) is 2.